The number of primary amides is 1. The topological polar surface area (TPSA) is 80.0 Å². The SMILES string of the molecule is CC(C)(C)c1nc(CNCc2cccc(NC(N)=O)c2)cs1. The molecular formula is C16H22N4OS. The average molecular weight is 318 g/mol. The molecule has 5 nitrogen and oxygen atoms in total. The summed E-state index contributed by atoms with van der Waals surface area (Å²) in [5, 5.41) is 9.18. The fourth-order valence-electron chi connectivity index (χ4n) is 1.97. The Hall–Kier alpha value is -1.92. The lowest BCUT2D eigenvalue weighted by Crippen LogP contribution is -2.19. The van der Waals surface area contributed by atoms with E-state index < -0.39 is 6.03 Å². The summed E-state index contributed by atoms with van der Waals surface area (Å²) in [7, 11) is 0. The summed E-state index contributed by atoms with van der Waals surface area (Å²) in [6.07, 6.45) is 0. The molecule has 0 saturated carbocycles. The summed E-state index contributed by atoms with van der Waals surface area (Å²) in [5.74, 6) is 0. The number of hydrogen-bond acceptors (Lipinski definition) is 4. The van der Waals surface area contributed by atoms with Crippen molar-refractivity contribution in [2.24, 2.45) is 5.73 Å². The molecule has 1 heterocycles. The van der Waals surface area contributed by atoms with Crippen LogP contribution in [0.15, 0.2) is 29.6 Å². The number of urea groups is 1. The van der Waals surface area contributed by atoms with Crippen LogP contribution < -0.4 is 16.4 Å². The van der Waals surface area contributed by atoms with Gasteiger partial charge in [-0.05, 0) is 17.7 Å². The van der Waals surface area contributed by atoms with E-state index in [9.17, 15) is 4.79 Å². The van der Waals surface area contributed by atoms with E-state index in [1.54, 1.807) is 11.3 Å². The Labute approximate surface area is 135 Å². The lowest BCUT2D eigenvalue weighted by Gasteiger charge is -2.13. The van der Waals surface area contributed by atoms with Crippen LogP contribution in [0.1, 0.15) is 37.0 Å². The molecule has 0 unspecified atom stereocenters. The Bertz CT molecular complexity index is 646. The van der Waals surface area contributed by atoms with Crippen LogP contribution in [0.2, 0.25) is 0 Å². The van der Waals surface area contributed by atoms with Gasteiger partial charge in [-0.1, -0.05) is 32.9 Å². The molecule has 4 N–H and O–H groups in total. The molecule has 22 heavy (non-hydrogen) atoms. The van der Waals surface area contributed by atoms with Gasteiger partial charge in [0.2, 0.25) is 0 Å². The van der Waals surface area contributed by atoms with Crippen molar-refractivity contribution < 1.29 is 4.79 Å². The van der Waals surface area contributed by atoms with Gasteiger partial charge in [0.25, 0.3) is 0 Å². The minimum absolute atomic E-state index is 0.0949. The van der Waals surface area contributed by atoms with Crippen molar-refractivity contribution in [2.45, 2.75) is 39.3 Å². The minimum Gasteiger partial charge on any atom is -0.351 e. The molecule has 0 aliphatic heterocycles. The molecule has 0 spiro atoms. The van der Waals surface area contributed by atoms with Gasteiger partial charge in [-0.2, -0.15) is 0 Å². The van der Waals surface area contributed by atoms with Gasteiger partial charge in [0.05, 0.1) is 10.7 Å². The quantitative estimate of drug-likeness (QED) is 0.792. The lowest BCUT2D eigenvalue weighted by atomic mass is 9.98. The Morgan fingerprint density at radius 3 is 2.73 bits per heavy atom. The predicted octanol–water partition coefficient (Wildman–Crippen LogP) is 3.22. The highest BCUT2D eigenvalue weighted by Gasteiger charge is 2.17. The van der Waals surface area contributed by atoms with Crippen LogP contribution in [0.25, 0.3) is 0 Å². The van der Waals surface area contributed by atoms with Crippen LogP contribution in [0.5, 0.6) is 0 Å². The highest BCUT2D eigenvalue weighted by Crippen LogP contribution is 2.25. The van der Waals surface area contributed by atoms with Crippen molar-refractivity contribution in [2.75, 3.05) is 5.32 Å². The number of rotatable bonds is 5. The number of thiazole rings is 1. The second-order valence-corrected chi connectivity index (χ2v) is 7.05. The van der Waals surface area contributed by atoms with E-state index in [-0.39, 0.29) is 5.41 Å². The number of nitrogens with two attached hydrogens (primary N) is 1. The van der Waals surface area contributed by atoms with Crippen LogP contribution in [0, 0.1) is 0 Å². The Balaban J connectivity index is 1.88. The van der Waals surface area contributed by atoms with Gasteiger partial charge in [0.1, 0.15) is 0 Å². The van der Waals surface area contributed by atoms with E-state index in [1.165, 1.54) is 0 Å². The predicted molar refractivity (Wildman–Crippen MR) is 91.0 cm³/mol. The molecule has 0 atom stereocenters. The van der Waals surface area contributed by atoms with Crippen molar-refractivity contribution in [1.82, 2.24) is 10.3 Å². The molecular weight excluding hydrogens is 296 g/mol. The number of carbonyl (C=O) groups is 1. The number of carbonyl (C=O) groups excluding carboxylic acids is 1. The van der Waals surface area contributed by atoms with E-state index in [2.05, 4.69) is 41.8 Å². The molecule has 6 heteroatoms. The van der Waals surface area contributed by atoms with E-state index >= 15 is 0 Å². The van der Waals surface area contributed by atoms with E-state index in [0.717, 1.165) is 22.8 Å². The highest BCUT2D eigenvalue weighted by atomic mass is 32.1. The summed E-state index contributed by atoms with van der Waals surface area (Å²) < 4.78 is 0. The molecule has 0 radical (unpaired) electrons. The molecule has 1 aromatic heterocycles. The largest absolute Gasteiger partial charge is 0.351 e. The summed E-state index contributed by atoms with van der Waals surface area (Å²) >= 11 is 1.70. The van der Waals surface area contributed by atoms with E-state index in [4.69, 9.17) is 5.73 Å². The number of aromatic nitrogens is 1. The van der Waals surface area contributed by atoms with Gasteiger partial charge in [0, 0.05) is 29.6 Å². The molecule has 0 aliphatic carbocycles. The van der Waals surface area contributed by atoms with Crippen LogP contribution in [0.4, 0.5) is 10.5 Å². The van der Waals surface area contributed by atoms with Crippen LogP contribution in [0.3, 0.4) is 0 Å². The van der Waals surface area contributed by atoms with Gasteiger partial charge in [-0.15, -0.1) is 11.3 Å². The first-order chi connectivity index (χ1) is 10.3. The molecule has 0 aliphatic rings. The van der Waals surface area contributed by atoms with Crippen molar-refractivity contribution >= 4 is 23.1 Å². The molecule has 1 aromatic carbocycles. The maximum atomic E-state index is 10.9. The zero-order chi connectivity index (χ0) is 16.2. The molecule has 2 amide bonds. The summed E-state index contributed by atoms with van der Waals surface area (Å²) in [5.41, 5.74) is 8.05. The maximum Gasteiger partial charge on any atom is 0.316 e. The number of hydrogen-bond donors (Lipinski definition) is 3. The van der Waals surface area contributed by atoms with E-state index in [0.29, 0.717) is 12.2 Å². The van der Waals surface area contributed by atoms with Gasteiger partial charge < -0.3 is 16.4 Å². The first kappa shape index (κ1) is 16.5. The fourth-order valence-corrected chi connectivity index (χ4v) is 2.88. The maximum absolute atomic E-state index is 10.9. The number of anilines is 1. The molecule has 118 valence electrons. The van der Waals surface area contributed by atoms with Crippen LogP contribution in [-0.4, -0.2) is 11.0 Å². The first-order valence-electron chi connectivity index (χ1n) is 7.15. The summed E-state index contributed by atoms with van der Waals surface area (Å²) in [6, 6.07) is 7.05. The van der Waals surface area contributed by atoms with Gasteiger partial charge >= 0.3 is 6.03 Å². The Kier molecular flexibility index (Phi) is 5.15. The Morgan fingerprint density at radius 2 is 2.09 bits per heavy atom. The minimum atomic E-state index is -0.553. The average Bonchev–Trinajstić information content (AvgIpc) is 2.87. The number of amides is 2. The molecule has 0 fully saturated rings. The second kappa shape index (κ2) is 6.89. The van der Waals surface area contributed by atoms with Crippen molar-refractivity contribution in [3.8, 4) is 0 Å². The Morgan fingerprint density at radius 1 is 1.32 bits per heavy atom. The number of nitrogens with zero attached hydrogens (tertiary/aromatic N) is 1. The number of nitrogens with one attached hydrogen (secondary N) is 2. The van der Waals surface area contributed by atoms with Gasteiger partial charge in [-0.25, -0.2) is 9.78 Å². The smallest absolute Gasteiger partial charge is 0.316 e. The third-order valence-electron chi connectivity index (χ3n) is 3.02. The highest BCUT2D eigenvalue weighted by molar-refractivity contribution is 7.09. The standard InChI is InChI=1S/C16H22N4OS/c1-16(2,3)14-19-13(10-22-14)9-18-8-11-5-4-6-12(7-11)20-15(17)21/h4-7,10,18H,8-9H2,1-3H3,(H3,17,20,21). The summed E-state index contributed by atoms with van der Waals surface area (Å²) in [4.78, 5) is 15.5. The molecule has 0 saturated heterocycles. The van der Waals surface area contributed by atoms with E-state index in [1.807, 2.05) is 24.3 Å². The lowest BCUT2D eigenvalue weighted by molar-refractivity contribution is 0.259. The number of benzene rings is 1. The fraction of sp³-hybridized carbons (Fsp3) is 0.375. The van der Waals surface area contributed by atoms with Crippen molar-refractivity contribution in [1.29, 1.82) is 0 Å². The van der Waals surface area contributed by atoms with Gasteiger partial charge in [0.15, 0.2) is 0 Å². The monoisotopic (exact) mass is 318 g/mol. The third-order valence-corrected chi connectivity index (χ3v) is 4.34. The molecule has 2 rings (SSSR count). The zero-order valence-electron chi connectivity index (χ0n) is 13.1. The normalized spacial score (nSPS) is 11.4. The van der Waals surface area contributed by atoms with Crippen LogP contribution in [-0.2, 0) is 18.5 Å². The molecule has 0 bridgehead atoms. The molecule has 2 aromatic rings. The van der Waals surface area contributed by atoms with Crippen molar-refractivity contribution in [3.05, 3.63) is 45.9 Å². The third kappa shape index (κ3) is 4.82. The second-order valence-electron chi connectivity index (χ2n) is 6.19. The summed E-state index contributed by atoms with van der Waals surface area (Å²) in [6.45, 7) is 7.93. The van der Waals surface area contributed by atoms with Crippen LogP contribution >= 0.6 is 11.3 Å². The first-order valence-corrected chi connectivity index (χ1v) is 8.03. The van der Waals surface area contributed by atoms with Crippen molar-refractivity contribution in [3.63, 3.8) is 0 Å². The van der Waals surface area contributed by atoms with Gasteiger partial charge in [-0.3, -0.25) is 0 Å². The zero-order valence-corrected chi connectivity index (χ0v) is 14.0.